The van der Waals surface area contributed by atoms with E-state index in [9.17, 15) is 14.7 Å². The molecule has 0 saturated carbocycles. The molecule has 1 aliphatic heterocycles. The molecular formula is C23H27ClN2O5S. The number of methoxy groups -OCH3 is 2. The van der Waals surface area contributed by atoms with E-state index < -0.39 is 17.7 Å². The molecule has 1 aromatic carbocycles. The number of Topliss-reactive ketones (excluding diaryl/α,β-unsaturated/α-hetero) is 1. The summed E-state index contributed by atoms with van der Waals surface area (Å²) in [4.78, 5) is 30.7. The fourth-order valence-electron chi connectivity index (χ4n) is 3.83. The number of likely N-dealkylation sites (N-methyl/N-ethyl adjacent to an activating group) is 1. The number of carbonyl (C=O) groups is 2. The Bertz CT molecular complexity index is 1020. The molecular weight excluding hydrogens is 452 g/mol. The summed E-state index contributed by atoms with van der Waals surface area (Å²) in [5, 5.41) is 13.5. The molecule has 32 heavy (non-hydrogen) atoms. The first-order valence-electron chi connectivity index (χ1n) is 10.3. The molecule has 0 spiro atoms. The van der Waals surface area contributed by atoms with Gasteiger partial charge in [-0.15, -0.1) is 11.3 Å². The Hall–Kier alpha value is -2.55. The monoisotopic (exact) mass is 478 g/mol. The molecule has 2 aromatic rings. The van der Waals surface area contributed by atoms with Gasteiger partial charge >= 0.3 is 0 Å². The normalized spacial score (nSPS) is 17.9. The van der Waals surface area contributed by atoms with Gasteiger partial charge in [0.05, 0.1) is 36.4 Å². The number of aliphatic hydroxyl groups is 1. The second-order valence-electron chi connectivity index (χ2n) is 7.22. The molecule has 1 aliphatic rings. The Morgan fingerprint density at radius 2 is 1.88 bits per heavy atom. The number of thiophene rings is 1. The van der Waals surface area contributed by atoms with Gasteiger partial charge in [-0.25, -0.2) is 0 Å². The van der Waals surface area contributed by atoms with Gasteiger partial charge in [0.1, 0.15) is 17.3 Å². The van der Waals surface area contributed by atoms with Crippen molar-refractivity contribution in [2.75, 3.05) is 40.4 Å². The van der Waals surface area contributed by atoms with E-state index in [1.165, 1.54) is 42.6 Å². The van der Waals surface area contributed by atoms with Crippen LogP contribution in [-0.2, 0) is 9.59 Å². The van der Waals surface area contributed by atoms with Gasteiger partial charge in [0.2, 0.25) is 0 Å². The molecule has 2 heterocycles. The van der Waals surface area contributed by atoms with E-state index in [4.69, 9.17) is 21.1 Å². The summed E-state index contributed by atoms with van der Waals surface area (Å²) in [6.07, 6.45) is 0. The van der Waals surface area contributed by atoms with Crippen molar-refractivity contribution in [1.82, 2.24) is 9.80 Å². The molecule has 1 amide bonds. The largest absolute Gasteiger partial charge is 0.507 e. The zero-order valence-electron chi connectivity index (χ0n) is 18.6. The van der Waals surface area contributed by atoms with E-state index in [0.717, 1.165) is 18.0 Å². The van der Waals surface area contributed by atoms with E-state index in [-0.39, 0.29) is 22.6 Å². The van der Waals surface area contributed by atoms with Crippen molar-refractivity contribution in [2.24, 2.45) is 0 Å². The number of hydrogen-bond acceptors (Lipinski definition) is 7. The van der Waals surface area contributed by atoms with Crippen LogP contribution in [0.4, 0.5) is 0 Å². The van der Waals surface area contributed by atoms with E-state index in [1.54, 1.807) is 0 Å². The van der Waals surface area contributed by atoms with E-state index in [1.807, 2.05) is 17.5 Å². The summed E-state index contributed by atoms with van der Waals surface area (Å²) in [5.41, 5.74) is 0.261. The molecule has 1 unspecified atom stereocenters. The quantitative estimate of drug-likeness (QED) is 0.331. The number of nitrogens with zero attached hydrogens (tertiary/aromatic N) is 2. The summed E-state index contributed by atoms with van der Waals surface area (Å²) in [5.74, 6) is -1.09. The predicted octanol–water partition coefficient (Wildman–Crippen LogP) is 4.18. The van der Waals surface area contributed by atoms with Gasteiger partial charge in [-0.05, 0) is 30.6 Å². The second-order valence-corrected chi connectivity index (χ2v) is 8.61. The zero-order chi connectivity index (χ0) is 23.4. The topological polar surface area (TPSA) is 79.3 Å². The van der Waals surface area contributed by atoms with Crippen molar-refractivity contribution in [3.05, 3.63) is 50.7 Å². The van der Waals surface area contributed by atoms with Crippen molar-refractivity contribution < 1.29 is 24.2 Å². The summed E-state index contributed by atoms with van der Waals surface area (Å²) in [7, 11) is 2.89. The highest BCUT2D eigenvalue weighted by Gasteiger charge is 2.46. The maximum Gasteiger partial charge on any atom is 0.295 e. The molecule has 172 valence electrons. The maximum atomic E-state index is 13.1. The molecule has 3 rings (SSSR count). The van der Waals surface area contributed by atoms with Crippen LogP contribution < -0.4 is 9.47 Å². The Morgan fingerprint density at radius 1 is 1.19 bits per heavy atom. The number of rotatable bonds is 9. The molecule has 1 N–H and O–H groups in total. The van der Waals surface area contributed by atoms with Crippen LogP contribution in [0, 0.1) is 0 Å². The number of likely N-dealkylation sites (tertiary alicyclic amines) is 1. The molecule has 0 aliphatic carbocycles. The summed E-state index contributed by atoms with van der Waals surface area (Å²) >= 11 is 7.62. The van der Waals surface area contributed by atoms with Crippen LogP contribution in [0.2, 0.25) is 5.02 Å². The van der Waals surface area contributed by atoms with Gasteiger partial charge in [-0.2, -0.15) is 0 Å². The summed E-state index contributed by atoms with van der Waals surface area (Å²) in [6, 6.07) is 6.05. The standard InChI is InChI=1S/C23H27ClN2O5S/c1-5-25(6-2)9-10-26-20(18-8-7-11-32-18)19(22(28)23(26)29)21(27)14-12-17(31-4)15(24)13-16(14)30-3/h7-8,11-13,20,27H,5-6,9-10H2,1-4H3/b21-19+. The van der Waals surface area contributed by atoms with Crippen molar-refractivity contribution in [3.63, 3.8) is 0 Å². The molecule has 0 bridgehead atoms. The van der Waals surface area contributed by atoms with Gasteiger partial charge in [-0.1, -0.05) is 31.5 Å². The average molecular weight is 479 g/mol. The lowest BCUT2D eigenvalue weighted by molar-refractivity contribution is -0.140. The van der Waals surface area contributed by atoms with Crippen molar-refractivity contribution in [1.29, 1.82) is 0 Å². The first kappa shape index (κ1) is 24.1. The van der Waals surface area contributed by atoms with Crippen LogP contribution in [0.25, 0.3) is 5.76 Å². The van der Waals surface area contributed by atoms with Crippen molar-refractivity contribution in [2.45, 2.75) is 19.9 Å². The lowest BCUT2D eigenvalue weighted by atomic mass is 9.99. The predicted molar refractivity (Wildman–Crippen MR) is 126 cm³/mol. The van der Waals surface area contributed by atoms with Gasteiger partial charge in [-0.3, -0.25) is 9.59 Å². The zero-order valence-corrected chi connectivity index (χ0v) is 20.1. The number of amides is 1. The van der Waals surface area contributed by atoms with Gasteiger partial charge < -0.3 is 24.4 Å². The van der Waals surface area contributed by atoms with Crippen LogP contribution in [0.15, 0.2) is 35.2 Å². The molecule has 7 nitrogen and oxygen atoms in total. The maximum absolute atomic E-state index is 13.1. The van der Waals surface area contributed by atoms with Gasteiger partial charge in [0, 0.05) is 24.0 Å². The first-order chi connectivity index (χ1) is 15.4. The van der Waals surface area contributed by atoms with Crippen molar-refractivity contribution >= 4 is 40.4 Å². The second kappa shape index (κ2) is 10.4. The SMILES string of the molecule is CCN(CC)CCN1C(=O)C(=O)/C(=C(/O)c2cc(OC)c(Cl)cc2OC)C1c1cccs1. The van der Waals surface area contributed by atoms with Crippen molar-refractivity contribution in [3.8, 4) is 11.5 Å². The third-order valence-electron chi connectivity index (χ3n) is 5.63. The highest BCUT2D eigenvalue weighted by molar-refractivity contribution is 7.10. The smallest absolute Gasteiger partial charge is 0.295 e. The van der Waals surface area contributed by atoms with Crippen LogP contribution in [0.1, 0.15) is 30.3 Å². The number of halogens is 1. The third kappa shape index (κ3) is 4.48. The molecule has 1 atom stereocenters. The Kier molecular flexibility index (Phi) is 7.82. The Morgan fingerprint density at radius 3 is 2.44 bits per heavy atom. The molecule has 1 aromatic heterocycles. The fourth-order valence-corrected chi connectivity index (χ4v) is 4.91. The third-order valence-corrected chi connectivity index (χ3v) is 6.85. The number of benzene rings is 1. The van der Waals surface area contributed by atoms with Crippen LogP contribution in [0.5, 0.6) is 11.5 Å². The van der Waals surface area contributed by atoms with Crippen LogP contribution in [0.3, 0.4) is 0 Å². The van der Waals surface area contributed by atoms with Gasteiger partial charge in [0.15, 0.2) is 0 Å². The Labute approximate surface area is 196 Å². The first-order valence-corrected chi connectivity index (χ1v) is 11.6. The molecule has 0 radical (unpaired) electrons. The number of ketones is 1. The summed E-state index contributed by atoms with van der Waals surface area (Å²) in [6.45, 7) is 6.77. The number of aliphatic hydroxyl groups excluding tert-OH is 1. The number of carbonyl (C=O) groups excluding carboxylic acids is 2. The molecule has 1 saturated heterocycles. The average Bonchev–Trinajstić information content (AvgIpc) is 3.41. The van der Waals surface area contributed by atoms with E-state index in [0.29, 0.717) is 23.9 Å². The number of ether oxygens (including phenoxy) is 2. The fraction of sp³-hybridized carbons (Fsp3) is 0.391. The Balaban J connectivity index is 2.14. The van der Waals surface area contributed by atoms with Gasteiger partial charge in [0.25, 0.3) is 11.7 Å². The number of hydrogen-bond donors (Lipinski definition) is 1. The molecule has 9 heteroatoms. The highest BCUT2D eigenvalue weighted by Crippen LogP contribution is 2.43. The van der Waals surface area contributed by atoms with E-state index >= 15 is 0 Å². The van der Waals surface area contributed by atoms with E-state index in [2.05, 4.69) is 18.7 Å². The summed E-state index contributed by atoms with van der Waals surface area (Å²) < 4.78 is 10.7. The van der Waals surface area contributed by atoms with Crippen LogP contribution in [-0.4, -0.2) is 67.0 Å². The minimum Gasteiger partial charge on any atom is -0.507 e. The minimum atomic E-state index is -0.726. The lowest BCUT2D eigenvalue weighted by Gasteiger charge is -2.27. The molecule has 1 fully saturated rings. The minimum absolute atomic E-state index is 0.0275. The lowest BCUT2D eigenvalue weighted by Crippen LogP contribution is -2.37. The highest BCUT2D eigenvalue weighted by atomic mass is 35.5. The van der Waals surface area contributed by atoms with Crippen LogP contribution >= 0.6 is 22.9 Å².